The maximum absolute atomic E-state index is 12.2. The number of piperazine rings is 1. The fraction of sp³-hybridized carbons (Fsp3) is 0.429. The Morgan fingerprint density at radius 1 is 1.14 bits per heavy atom. The maximum atomic E-state index is 12.2. The van der Waals surface area contributed by atoms with Gasteiger partial charge in [0.1, 0.15) is 5.75 Å². The first-order valence-electron chi connectivity index (χ1n) is 6.68. The number of nitrogens with two attached hydrogens (primary N) is 1. The number of carbonyl (C=O) groups excluding carboxylic acids is 2. The van der Waals surface area contributed by atoms with E-state index in [0.717, 1.165) is 0 Å². The van der Waals surface area contributed by atoms with Gasteiger partial charge in [0, 0.05) is 44.7 Å². The lowest BCUT2D eigenvalue weighted by Crippen LogP contribution is -2.50. The van der Waals surface area contributed by atoms with E-state index in [0.29, 0.717) is 44.7 Å². The molecule has 1 saturated heterocycles. The number of aromatic hydroxyl groups is 1. The van der Waals surface area contributed by atoms with Gasteiger partial charge in [-0.15, -0.1) is 12.4 Å². The Morgan fingerprint density at radius 3 is 2.33 bits per heavy atom. The summed E-state index contributed by atoms with van der Waals surface area (Å²) in [6.07, 6.45) is 0.348. The number of phenols is 1. The smallest absolute Gasteiger partial charge is 0.254 e. The van der Waals surface area contributed by atoms with E-state index in [9.17, 15) is 14.7 Å². The average molecular weight is 314 g/mol. The van der Waals surface area contributed by atoms with E-state index < -0.39 is 0 Å². The van der Waals surface area contributed by atoms with Crippen molar-refractivity contribution in [2.24, 2.45) is 5.73 Å². The molecule has 1 heterocycles. The molecule has 1 aliphatic rings. The third-order valence-electron chi connectivity index (χ3n) is 3.37. The summed E-state index contributed by atoms with van der Waals surface area (Å²) in [5, 5.41) is 9.40. The monoisotopic (exact) mass is 313 g/mol. The van der Waals surface area contributed by atoms with Crippen LogP contribution in [0.3, 0.4) is 0 Å². The van der Waals surface area contributed by atoms with Crippen LogP contribution in [0.5, 0.6) is 5.75 Å². The number of phenolic OH excluding ortho intramolecular Hbond substituents is 1. The zero-order valence-electron chi connectivity index (χ0n) is 11.7. The molecular formula is C14H20ClN3O3. The number of hydrogen-bond donors (Lipinski definition) is 2. The fourth-order valence-electron chi connectivity index (χ4n) is 2.26. The molecule has 0 aliphatic carbocycles. The highest BCUT2D eigenvalue weighted by Crippen LogP contribution is 2.14. The molecule has 1 aromatic rings. The quantitative estimate of drug-likeness (QED) is 0.848. The Morgan fingerprint density at radius 2 is 1.76 bits per heavy atom. The van der Waals surface area contributed by atoms with Gasteiger partial charge in [-0.2, -0.15) is 0 Å². The second kappa shape index (κ2) is 7.85. The summed E-state index contributed by atoms with van der Waals surface area (Å²) in [6.45, 7) is 2.42. The van der Waals surface area contributed by atoms with Gasteiger partial charge < -0.3 is 20.6 Å². The fourth-order valence-corrected chi connectivity index (χ4v) is 2.26. The molecular weight excluding hydrogens is 294 g/mol. The molecule has 1 aliphatic heterocycles. The van der Waals surface area contributed by atoms with Crippen LogP contribution < -0.4 is 5.73 Å². The van der Waals surface area contributed by atoms with Gasteiger partial charge in [0.15, 0.2) is 0 Å². The zero-order valence-corrected chi connectivity index (χ0v) is 12.5. The van der Waals surface area contributed by atoms with Crippen LogP contribution in [0.2, 0.25) is 0 Å². The van der Waals surface area contributed by atoms with Crippen LogP contribution in [0.4, 0.5) is 0 Å². The van der Waals surface area contributed by atoms with Crippen molar-refractivity contribution in [1.82, 2.24) is 9.80 Å². The summed E-state index contributed by atoms with van der Waals surface area (Å²) in [6, 6.07) is 6.30. The first-order chi connectivity index (χ1) is 9.61. The summed E-state index contributed by atoms with van der Waals surface area (Å²) in [5.74, 6) is -0.00334. The van der Waals surface area contributed by atoms with Crippen LogP contribution in [0, 0.1) is 0 Å². The lowest BCUT2D eigenvalue weighted by atomic mass is 10.1. The molecule has 2 amide bonds. The van der Waals surface area contributed by atoms with Gasteiger partial charge in [-0.1, -0.05) is 6.07 Å². The van der Waals surface area contributed by atoms with Crippen LogP contribution in [0.25, 0.3) is 0 Å². The number of benzene rings is 1. The van der Waals surface area contributed by atoms with Crippen LogP contribution in [0.1, 0.15) is 16.8 Å². The molecule has 1 aromatic carbocycles. The number of carbonyl (C=O) groups is 2. The van der Waals surface area contributed by atoms with E-state index in [-0.39, 0.29) is 30.0 Å². The Hall–Kier alpha value is -1.79. The first kappa shape index (κ1) is 17.3. The van der Waals surface area contributed by atoms with Crippen molar-refractivity contribution in [1.29, 1.82) is 0 Å². The summed E-state index contributed by atoms with van der Waals surface area (Å²) in [5.41, 5.74) is 5.83. The Bertz CT molecular complexity index is 502. The van der Waals surface area contributed by atoms with Crippen molar-refractivity contribution >= 4 is 24.2 Å². The number of halogens is 1. The maximum Gasteiger partial charge on any atom is 0.254 e. The number of amides is 2. The van der Waals surface area contributed by atoms with Gasteiger partial charge in [-0.3, -0.25) is 9.59 Å². The van der Waals surface area contributed by atoms with Crippen molar-refractivity contribution in [3.8, 4) is 5.75 Å². The standard InChI is InChI=1S/C14H19N3O3.ClH/c15-5-4-13(19)16-6-8-17(9-7-16)14(20)11-2-1-3-12(18)10-11;/h1-3,10,18H,4-9,15H2;1H. The molecule has 0 spiro atoms. The molecule has 2 rings (SSSR count). The summed E-state index contributed by atoms with van der Waals surface area (Å²) < 4.78 is 0. The predicted octanol–water partition coefficient (Wildman–Crippen LogP) is 0.447. The van der Waals surface area contributed by atoms with E-state index in [1.54, 1.807) is 21.9 Å². The minimum absolute atomic E-state index is 0. The third-order valence-corrected chi connectivity index (χ3v) is 3.37. The molecule has 1 fully saturated rings. The van der Waals surface area contributed by atoms with E-state index in [4.69, 9.17) is 5.73 Å². The van der Waals surface area contributed by atoms with Crippen LogP contribution in [-0.2, 0) is 4.79 Å². The minimum Gasteiger partial charge on any atom is -0.508 e. The Kier molecular flexibility index (Phi) is 6.45. The van der Waals surface area contributed by atoms with E-state index >= 15 is 0 Å². The first-order valence-corrected chi connectivity index (χ1v) is 6.68. The van der Waals surface area contributed by atoms with Gasteiger partial charge in [0.05, 0.1) is 0 Å². The Balaban J connectivity index is 0.00000220. The van der Waals surface area contributed by atoms with Crippen molar-refractivity contribution < 1.29 is 14.7 Å². The van der Waals surface area contributed by atoms with Crippen molar-refractivity contribution in [3.05, 3.63) is 29.8 Å². The number of rotatable bonds is 3. The molecule has 0 unspecified atom stereocenters. The predicted molar refractivity (Wildman–Crippen MR) is 81.5 cm³/mol. The van der Waals surface area contributed by atoms with E-state index in [2.05, 4.69) is 0 Å². The normalized spacial score (nSPS) is 14.5. The largest absolute Gasteiger partial charge is 0.508 e. The summed E-state index contributed by atoms with van der Waals surface area (Å²) in [4.78, 5) is 27.4. The zero-order chi connectivity index (χ0) is 14.5. The molecule has 0 saturated carbocycles. The highest BCUT2D eigenvalue weighted by Gasteiger charge is 2.24. The Labute approximate surface area is 129 Å². The highest BCUT2D eigenvalue weighted by molar-refractivity contribution is 5.94. The molecule has 0 aromatic heterocycles. The van der Waals surface area contributed by atoms with Gasteiger partial charge in [-0.05, 0) is 18.2 Å². The van der Waals surface area contributed by atoms with E-state index in [1.165, 1.54) is 12.1 Å². The third kappa shape index (κ3) is 4.34. The SMILES string of the molecule is Cl.NCCC(=O)N1CCN(C(=O)c2cccc(O)c2)CC1. The average Bonchev–Trinajstić information content (AvgIpc) is 2.47. The second-order valence-corrected chi connectivity index (χ2v) is 4.76. The molecule has 0 bridgehead atoms. The number of hydrogen-bond acceptors (Lipinski definition) is 4. The lowest BCUT2D eigenvalue weighted by Gasteiger charge is -2.34. The number of nitrogens with zero attached hydrogens (tertiary/aromatic N) is 2. The molecule has 6 nitrogen and oxygen atoms in total. The molecule has 3 N–H and O–H groups in total. The van der Waals surface area contributed by atoms with Crippen LogP contribution >= 0.6 is 12.4 Å². The minimum atomic E-state index is -0.119. The second-order valence-electron chi connectivity index (χ2n) is 4.76. The van der Waals surface area contributed by atoms with Gasteiger partial charge in [0.25, 0.3) is 5.91 Å². The van der Waals surface area contributed by atoms with Crippen molar-refractivity contribution in [2.75, 3.05) is 32.7 Å². The van der Waals surface area contributed by atoms with Gasteiger partial charge >= 0.3 is 0 Å². The molecule has 116 valence electrons. The van der Waals surface area contributed by atoms with Crippen molar-refractivity contribution in [2.45, 2.75) is 6.42 Å². The highest BCUT2D eigenvalue weighted by atomic mass is 35.5. The van der Waals surface area contributed by atoms with Crippen LogP contribution in [0.15, 0.2) is 24.3 Å². The van der Waals surface area contributed by atoms with Gasteiger partial charge in [-0.25, -0.2) is 0 Å². The summed E-state index contributed by atoms with van der Waals surface area (Å²) in [7, 11) is 0. The van der Waals surface area contributed by atoms with Gasteiger partial charge in [0.2, 0.25) is 5.91 Å². The summed E-state index contributed by atoms with van der Waals surface area (Å²) >= 11 is 0. The van der Waals surface area contributed by atoms with Crippen LogP contribution in [-0.4, -0.2) is 59.4 Å². The van der Waals surface area contributed by atoms with Crippen molar-refractivity contribution in [3.63, 3.8) is 0 Å². The molecule has 0 atom stereocenters. The lowest BCUT2D eigenvalue weighted by molar-refractivity contribution is -0.132. The molecule has 7 heteroatoms. The van der Waals surface area contributed by atoms with E-state index in [1.807, 2.05) is 0 Å². The molecule has 21 heavy (non-hydrogen) atoms. The molecule has 0 radical (unpaired) electrons. The topological polar surface area (TPSA) is 86.9 Å².